The Labute approximate surface area is 268 Å². The summed E-state index contributed by atoms with van der Waals surface area (Å²) in [5, 5.41) is 34.7. The van der Waals surface area contributed by atoms with E-state index in [4.69, 9.17) is 35.8 Å². The SMILES string of the molecule is O=P(O)(O)c1cc(Cl)ccc1N=Nc1ccc2cc(S(=O)(=O)O)c(N=Nc3ccc(Cl)cc3P(=O)(O)O)c(O)c2c1O.O=S(=O)=O. The third-order valence-corrected chi connectivity index (χ3v) is 8.78. The molecule has 0 heterocycles. The highest BCUT2D eigenvalue weighted by atomic mass is 35.5. The fraction of sp³-hybridized carbons (Fsp3) is 0. The summed E-state index contributed by atoms with van der Waals surface area (Å²) in [6.07, 6.45) is 0. The summed E-state index contributed by atoms with van der Waals surface area (Å²) < 4.78 is 83.0. The van der Waals surface area contributed by atoms with E-state index in [9.17, 15) is 51.9 Å². The van der Waals surface area contributed by atoms with Crippen molar-refractivity contribution in [1.82, 2.24) is 0 Å². The van der Waals surface area contributed by atoms with Crippen molar-refractivity contribution >= 4 is 103 Å². The molecule has 0 unspecified atom stereocenters. The number of phenolic OH excluding ortho intramolecular Hbond substituents is 2. The van der Waals surface area contributed by atoms with Crippen molar-refractivity contribution in [3.8, 4) is 11.5 Å². The Kier molecular flexibility index (Phi) is 11.2. The first kappa shape index (κ1) is 36.8. The van der Waals surface area contributed by atoms with Gasteiger partial charge in [0, 0.05) is 10.0 Å². The van der Waals surface area contributed by atoms with Crippen LogP contribution in [0.25, 0.3) is 10.8 Å². The second kappa shape index (κ2) is 14.0. The minimum absolute atomic E-state index is 0.00796. The monoisotopic (exact) mass is 756 g/mol. The molecule has 0 fully saturated rings. The van der Waals surface area contributed by atoms with Gasteiger partial charge in [0.2, 0.25) is 0 Å². The van der Waals surface area contributed by atoms with Gasteiger partial charge in [0.1, 0.15) is 27.6 Å². The van der Waals surface area contributed by atoms with Crippen LogP contribution in [0, 0.1) is 0 Å². The minimum atomic E-state index is -5.09. The first-order chi connectivity index (χ1) is 21.1. The highest BCUT2D eigenvalue weighted by molar-refractivity contribution is 7.86. The minimum Gasteiger partial charge on any atom is -0.505 e. The van der Waals surface area contributed by atoms with Gasteiger partial charge in [-0.05, 0) is 53.9 Å². The average molecular weight is 757 g/mol. The van der Waals surface area contributed by atoms with Crippen LogP contribution in [-0.2, 0) is 29.9 Å². The Morgan fingerprint density at radius 1 is 0.652 bits per heavy atom. The van der Waals surface area contributed by atoms with E-state index < -0.39 is 79.7 Å². The summed E-state index contributed by atoms with van der Waals surface area (Å²) >= 11 is 11.6. The number of rotatable bonds is 7. The molecule has 4 rings (SSSR count). The zero-order chi connectivity index (χ0) is 34.8. The van der Waals surface area contributed by atoms with E-state index >= 15 is 0 Å². The fourth-order valence-corrected chi connectivity index (χ4v) is 6.23. The third-order valence-electron chi connectivity index (χ3n) is 5.47. The second-order valence-corrected chi connectivity index (χ2v) is 14.3. The van der Waals surface area contributed by atoms with E-state index in [0.29, 0.717) is 0 Å². The van der Waals surface area contributed by atoms with Crippen LogP contribution in [-0.4, -0.2) is 55.4 Å². The average Bonchev–Trinajstić information content (AvgIpc) is 2.91. The maximum absolute atomic E-state index is 12.1. The molecule has 4 aromatic rings. The van der Waals surface area contributed by atoms with Crippen LogP contribution in [0.2, 0.25) is 10.0 Å². The van der Waals surface area contributed by atoms with Crippen molar-refractivity contribution in [3.63, 3.8) is 0 Å². The maximum Gasteiger partial charge on any atom is 0.425 e. The van der Waals surface area contributed by atoms with Crippen LogP contribution in [0.5, 0.6) is 11.5 Å². The van der Waals surface area contributed by atoms with Gasteiger partial charge in [0.05, 0.1) is 16.0 Å². The molecular formula is C22H16Cl2N4O14P2S2. The van der Waals surface area contributed by atoms with Crippen molar-refractivity contribution < 1.29 is 64.5 Å². The molecule has 0 spiro atoms. The number of halogens is 2. The van der Waals surface area contributed by atoms with Gasteiger partial charge in [-0.25, -0.2) is 0 Å². The van der Waals surface area contributed by atoms with Gasteiger partial charge in [0.25, 0.3) is 10.1 Å². The Morgan fingerprint density at radius 3 is 1.50 bits per heavy atom. The lowest BCUT2D eigenvalue weighted by Gasteiger charge is -2.12. The van der Waals surface area contributed by atoms with Crippen molar-refractivity contribution in [2.75, 3.05) is 0 Å². The highest BCUT2D eigenvalue weighted by Gasteiger charge is 2.27. The van der Waals surface area contributed by atoms with Crippen LogP contribution in [0.15, 0.2) is 79.9 Å². The second-order valence-electron chi connectivity index (χ2n) is 8.54. The van der Waals surface area contributed by atoms with Crippen LogP contribution in [0.4, 0.5) is 22.7 Å². The molecule has 46 heavy (non-hydrogen) atoms. The number of hydrogen-bond donors (Lipinski definition) is 7. The largest absolute Gasteiger partial charge is 0.505 e. The first-order valence-corrected chi connectivity index (χ1v) is 17.8. The summed E-state index contributed by atoms with van der Waals surface area (Å²) in [5.41, 5.74) is -2.02. The number of nitrogens with zero attached hydrogens (tertiary/aromatic N) is 4. The molecule has 0 bridgehead atoms. The zero-order valence-electron chi connectivity index (χ0n) is 21.9. The third kappa shape index (κ3) is 8.99. The van der Waals surface area contributed by atoms with E-state index in [2.05, 4.69) is 20.5 Å². The Bertz CT molecular complexity index is 2250. The molecule has 244 valence electrons. The van der Waals surface area contributed by atoms with Gasteiger partial charge < -0.3 is 29.8 Å². The quantitative estimate of drug-likeness (QED) is 0.0788. The fourth-order valence-electron chi connectivity index (χ4n) is 3.62. The topological polar surface area (TPSA) is 311 Å². The summed E-state index contributed by atoms with van der Waals surface area (Å²) in [4.78, 5) is 37.4. The molecule has 0 aromatic heterocycles. The lowest BCUT2D eigenvalue weighted by atomic mass is 10.1. The van der Waals surface area contributed by atoms with Gasteiger partial charge in [-0.15, -0.1) is 33.1 Å². The molecular weight excluding hydrogens is 741 g/mol. The Balaban J connectivity index is 0.00000136. The smallest absolute Gasteiger partial charge is 0.425 e. The summed E-state index contributed by atoms with van der Waals surface area (Å²) in [5.74, 6) is -1.83. The molecule has 0 atom stereocenters. The van der Waals surface area contributed by atoms with Crippen LogP contribution in [0.1, 0.15) is 0 Å². The van der Waals surface area contributed by atoms with Gasteiger partial charge in [-0.3, -0.25) is 13.7 Å². The summed E-state index contributed by atoms with van der Waals surface area (Å²) in [7, 11) is -18.0. The zero-order valence-corrected chi connectivity index (χ0v) is 26.9. The van der Waals surface area contributed by atoms with E-state index in [1.807, 2.05) is 0 Å². The lowest BCUT2D eigenvalue weighted by Crippen LogP contribution is -2.04. The van der Waals surface area contributed by atoms with Gasteiger partial charge in [-0.1, -0.05) is 29.3 Å². The maximum atomic E-state index is 12.1. The van der Waals surface area contributed by atoms with E-state index in [1.54, 1.807) is 0 Å². The van der Waals surface area contributed by atoms with Crippen LogP contribution >= 0.6 is 38.4 Å². The van der Waals surface area contributed by atoms with Crippen LogP contribution < -0.4 is 10.6 Å². The predicted octanol–water partition coefficient (Wildman–Crippen LogP) is 4.24. The van der Waals surface area contributed by atoms with Gasteiger partial charge in [-0.2, -0.15) is 8.42 Å². The summed E-state index contributed by atoms with van der Waals surface area (Å²) in [6, 6.07) is 9.74. The van der Waals surface area contributed by atoms with Gasteiger partial charge >= 0.3 is 25.8 Å². The highest BCUT2D eigenvalue weighted by Crippen LogP contribution is 2.48. The van der Waals surface area contributed by atoms with Crippen molar-refractivity contribution in [3.05, 3.63) is 64.6 Å². The molecule has 0 aliphatic heterocycles. The van der Waals surface area contributed by atoms with Crippen molar-refractivity contribution in [2.24, 2.45) is 20.5 Å². The Hall–Kier alpha value is -3.65. The van der Waals surface area contributed by atoms with E-state index in [0.717, 1.165) is 36.4 Å². The number of azo groups is 2. The number of fused-ring (bicyclic) bond motifs is 1. The molecule has 0 radical (unpaired) electrons. The number of benzene rings is 4. The molecule has 4 aromatic carbocycles. The Morgan fingerprint density at radius 2 is 1.07 bits per heavy atom. The number of hydrogen-bond acceptors (Lipinski definition) is 13. The number of phenols is 2. The number of aromatic hydroxyl groups is 2. The van der Waals surface area contributed by atoms with E-state index in [1.165, 1.54) is 18.2 Å². The molecule has 7 N–H and O–H groups in total. The molecule has 24 heteroatoms. The summed E-state index contributed by atoms with van der Waals surface area (Å²) in [6.45, 7) is 0. The molecule has 0 amide bonds. The molecule has 18 nitrogen and oxygen atoms in total. The predicted molar refractivity (Wildman–Crippen MR) is 161 cm³/mol. The van der Waals surface area contributed by atoms with Gasteiger partial charge in [0.15, 0.2) is 11.5 Å². The van der Waals surface area contributed by atoms with E-state index in [-0.39, 0.29) is 26.8 Å². The van der Waals surface area contributed by atoms with Crippen molar-refractivity contribution in [1.29, 1.82) is 0 Å². The van der Waals surface area contributed by atoms with Crippen LogP contribution in [0.3, 0.4) is 0 Å². The lowest BCUT2D eigenvalue weighted by molar-refractivity contribution is 0.385. The standard InChI is InChI=1S/C22H16Cl2N4O11P2S.O3S/c23-11-2-5-13(16(8-11)40(31,32)33)25-27-15-4-1-10-7-18(42(37,38)39)20(22(30)19(10)21(15)29)28-26-14-6-3-12(24)9-17(14)41(34,35)36;1-4(2)3/h1-9,29-30H,(H2,31,32,33)(H2,34,35,36)(H,37,38,39);. The first-order valence-electron chi connectivity index (χ1n) is 11.4. The molecule has 0 saturated heterocycles. The molecule has 0 aliphatic carbocycles. The molecule has 0 aliphatic rings. The normalized spacial score (nSPS) is 12.4. The van der Waals surface area contributed by atoms with Crippen molar-refractivity contribution in [2.45, 2.75) is 4.90 Å². The molecule has 0 saturated carbocycles.